The molecule has 7 heteroatoms. The van der Waals surface area contributed by atoms with Crippen molar-refractivity contribution < 1.29 is 14.6 Å². The molecule has 2 heterocycles. The van der Waals surface area contributed by atoms with Crippen LogP contribution in [0.15, 0.2) is 29.6 Å². The van der Waals surface area contributed by atoms with Gasteiger partial charge in [-0.3, -0.25) is 5.32 Å². The third kappa shape index (κ3) is 5.43. The van der Waals surface area contributed by atoms with Crippen LogP contribution in [0, 0.1) is 0 Å². The first-order valence-corrected chi connectivity index (χ1v) is 10.3. The van der Waals surface area contributed by atoms with E-state index in [1.165, 1.54) is 16.9 Å². The highest BCUT2D eigenvalue weighted by atomic mass is 32.1. The number of rotatable bonds is 6. The van der Waals surface area contributed by atoms with Crippen LogP contribution in [0.5, 0.6) is 5.75 Å². The summed E-state index contributed by atoms with van der Waals surface area (Å²) in [7, 11) is 0. The highest BCUT2D eigenvalue weighted by Crippen LogP contribution is 2.24. The lowest BCUT2D eigenvalue weighted by molar-refractivity contribution is 0.115. The second-order valence-electron chi connectivity index (χ2n) is 7.08. The monoisotopic (exact) mass is 389 g/mol. The largest absolute Gasteiger partial charge is 0.490 e. The van der Waals surface area contributed by atoms with E-state index in [4.69, 9.17) is 9.84 Å². The Hall–Kier alpha value is -2.12. The van der Waals surface area contributed by atoms with Crippen molar-refractivity contribution in [3.05, 3.63) is 40.9 Å². The first-order chi connectivity index (χ1) is 13.0. The zero-order valence-corrected chi connectivity index (χ0v) is 16.7. The van der Waals surface area contributed by atoms with Gasteiger partial charge in [0.2, 0.25) is 0 Å². The summed E-state index contributed by atoms with van der Waals surface area (Å²) >= 11 is 1.38. The standard InChI is InChI=1S/C20H27N3O3S/c1-14(2)15-4-3-5-18(12-15)26-17-6-9-23(10-7-17)20(25)22-19-21-16(8-11-24)13-27-19/h3-5,12-14,17,24H,6-11H2,1-2H3,(H,21,22,25). The molecule has 146 valence electrons. The zero-order valence-electron chi connectivity index (χ0n) is 15.9. The number of benzene rings is 1. The maximum atomic E-state index is 12.4. The Morgan fingerprint density at radius 3 is 2.89 bits per heavy atom. The second kappa shape index (κ2) is 9.19. The van der Waals surface area contributed by atoms with Gasteiger partial charge in [0.1, 0.15) is 11.9 Å². The lowest BCUT2D eigenvalue weighted by Crippen LogP contribution is -2.43. The van der Waals surface area contributed by atoms with Crippen LogP contribution in [-0.4, -0.2) is 46.8 Å². The summed E-state index contributed by atoms with van der Waals surface area (Å²) in [6.45, 7) is 5.73. The number of carbonyl (C=O) groups is 1. The molecule has 0 radical (unpaired) electrons. The number of piperidine rings is 1. The molecule has 0 aliphatic carbocycles. The molecule has 2 aromatic rings. The van der Waals surface area contributed by atoms with E-state index >= 15 is 0 Å². The average Bonchev–Trinajstić information content (AvgIpc) is 3.10. The number of likely N-dealkylation sites (tertiary alicyclic amines) is 1. The van der Waals surface area contributed by atoms with E-state index in [9.17, 15) is 4.79 Å². The van der Waals surface area contributed by atoms with Crippen LogP contribution in [0.3, 0.4) is 0 Å². The van der Waals surface area contributed by atoms with Gasteiger partial charge >= 0.3 is 6.03 Å². The molecule has 0 bridgehead atoms. The Morgan fingerprint density at radius 1 is 1.41 bits per heavy atom. The van der Waals surface area contributed by atoms with Crippen LogP contribution >= 0.6 is 11.3 Å². The molecule has 0 spiro atoms. The van der Waals surface area contributed by atoms with Gasteiger partial charge in [0.15, 0.2) is 5.13 Å². The molecule has 0 saturated carbocycles. The van der Waals surface area contributed by atoms with Gasteiger partial charge in [0, 0.05) is 44.3 Å². The van der Waals surface area contributed by atoms with Crippen molar-refractivity contribution in [1.29, 1.82) is 0 Å². The maximum absolute atomic E-state index is 12.4. The van der Waals surface area contributed by atoms with Gasteiger partial charge in [0.05, 0.1) is 5.69 Å². The van der Waals surface area contributed by atoms with E-state index in [-0.39, 0.29) is 18.7 Å². The third-order valence-electron chi connectivity index (χ3n) is 4.69. The summed E-state index contributed by atoms with van der Waals surface area (Å²) in [5, 5.41) is 14.2. The van der Waals surface area contributed by atoms with Crippen LogP contribution in [0.4, 0.5) is 9.93 Å². The number of hydrogen-bond donors (Lipinski definition) is 2. The fourth-order valence-corrected chi connectivity index (χ4v) is 3.81. The van der Waals surface area contributed by atoms with E-state index in [1.54, 1.807) is 4.90 Å². The highest BCUT2D eigenvalue weighted by Gasteiger charge is 2.24. The number of hydrogen-bond acceptors (Lipinski definition) is 5. The van der Waals surface area contributed by atoms with Crippen molar-refractivity contribution in [2.45, 2.75) is 45.1 Å². The summed E-state index contributed by atoms with van der Waals surface area (Å²) in [6.07, 6.45) is 2.26. The Morgan fingerprint density at radius 2 is 2.19 bits per heavy atom. The smallest absolute Gasteiger partial charge is 0.323 e. The molecule has 1 aliphatic heterocycles. The van der Waals surface area contributed by atoms with Gasteiger partial charge in [-0.25, -0.2) is 9.78 Å². The first-order valence-electron chi connectivity index (χ1n) is 9.43. The summed E-state index contributed by atoms with van der Waals surface area (Å²) in [5.74, 6) is 1.38. The SMILES string of the molecule is CC(C)c1cccc(OC2CCN(C(=O)Nc3nc(CCO)cs3)CC2)c1. The van der Waals surface area contributed by atoms with E-state index < -0.39 is 0 Å². The van der Waals surface area contributed by atoms with Crippen LogP contribution in [0.1, 0.15) is 43.9 Å². The summed E-state index contributed by atoms with van der Waals surface area (Å²) < 4.78 is 6.13. The minimum atomic E-state index is -0.125. The van der Waals surface area contributed by atoms with Crippen molar-refractivity contribution in [3.8, 4) is 5.75 Å². The number of carbonyl (C=O) groups excluding carboxylic acids is 1. The van der Waals surface area contributed by atoms with E-state index in [0.717, 1.165) is 24.3 Å². The van der Waals surface area contributed by atoms with Gasteiger partial charge in [0.25, 0.3) is 0 Å². The van der Waals surface area contributed by atoms with Crippen molar-refractivity contribution >= 4 is 22.5 Å². The number of urea groups is 1. The molecule has 0 atom stereocenters. The topological polar surface area (TPSA) is 74.7 Å². The number of aromatic nitrogens is 1. The molecule has 1 aromatic carbocycles. The zero-order chi connectivity index (χ0) is 19.2. The third-order valence-corrected chi connectivity index (χ3v) is 5.50. The number of aliphatic hydroxyl groups excluding tert-OH is 1. The first kappa shape index (κ1) is 19.6. The van der Waals surface area contributed by atoms with E-state index in [0.29, 0.717) is 30.6 Å². The number of amides is 2. The normalized spacial score (nSPS) is 15.2. The molecular weight excluding hydrogens is 362 g/mol. The summed E-state index contributed by atoms with van der Waals surface area (Å²) in [5.41, 5.74) is 2.07. The van der Waals surface area contributed by atoms with E-state index in [2.05, 4.69) is 36.3 Å². The summed E-state index contributed by atoms with van der Waals surface area (Å²) in [4.78, 5) is 18.5. The minimum absolute atomic E-state index is 0.0602. The number of nitrogens with one attached hydrogen (secondary N) is 1. The Balaban J connectivity index is 1.48. The maximum Gasteiger partial charge on any atom is 0.323 e. The quantitative estimate of drug-likeness (QED) is 0.786. The van der Waals surface area contributed by atoms with Crippen LogP contribution in [-0.2, 0) is 6.42 Å². The van der Waals surface area contributed by atoms with Gasteiger partial charge in [-0.15, -0.1) is 11.3 Å². The van der Waals surface area contributed by atoms with Crippen LogP contribution in [0.2, 0.25) is 0 Å². The van der Waals surface area contributed by atoms with Gasteiger partial charge in [-0.2, -0.15) is 0 Å². The molecule has 1 aliphatic rings. The van der Waals surface area contributed by atoms with Crippen molar-refractivity contribution in [2.24, 2.45) is 0 Å². The fourth-order valence-electron chi connectivity index (χ4n) is 3.08. The lowest BCUT2D eigenvalue weighted by Gasteiger charge is -2.32. The highest BCUT2D eigenvalue weighted by molar-refractivity contribution is 7.13. The number of ether oxygens (including phenoxy) is 1. The van der Waals surface area contributed by atoms with Gasteiger partial charge in [-0.05, 0) is 23.6 Å². The van der Waals surface area contributed by atoms with Crippen LogP contribution in [0.25, 0.3) is 0 Å². The predicted molar refractivity (Wildman–Crippen MR) is 108 cm³/mol. The van der Waals surface area contributed by atoms with Gasteiger partial charge in [-0.1, -0.05) is 26.0 Å². The van der Waals surface area contributed by atoms with Crippen LogP contribution < -0.4 is 10.1 Å². The molecule has 1 saturated heterocycles. The molecule has 2 amide bonds. The molecule has 6 nitrogen and oxygen atoms in total. The number of thiazole rings is 1. The predicted octanol–water partition coefficient (Wildman–Crippen LogP) is 3.88. The Bertz CT molecular complexity index is 754. The van der Waals surface area contributed by atoms with Crippen molar-refractivity contribution in [2.75, 3.05) is 25.0 Å². The second-order valence-corrected chi connectivity index (χ2v) is 7.94. The molecule has 2 N–H and O–H groups in total. The summed E-state index contributed by atoms with van der Waals surface area (Å²) in [6, 6.07) is 8.13. The molecule has 3 rings (SSSR count). The lowest BCUT2D eigenvalue weighted by atomic mass is 10.0. The fraction of sp³-hybridized carbons (Fsp3) is 0.500. The number of aliphatic hydroxyl groups is 1. The Labute approximate surface area is 164 Å². The Kier molecular flexibility index (Phi) is 6.68. The molecule has 0 unspecified atom stereocenters. The van der Waals surface area contributed by atoms with E-state index in [1.807, 2.05) is 17.5 Å². The molecule has 1 fully saturated rings. The van der Waals surface area contributed by atoms with Crippen molar-refractivity contribution in [1.82, 2.24) is 9.88 Å². The average molecular weight is 390 g/mol. The molecular formula is C20H27N3O3S. The number of anilines is 1. The molecule has 1 aromatic heterocycles. The minimum Gasteiger partial charge on any atom is -0.490 e. The number of nitrogens with zero attached hydrogens (tertiary/aromatic N) is 2. The molecule has 27 heavy (non-hydrogen) atoms. The van der Waals surface area contributed by atoms with Gasteiger partial charge < -0.3 is 14.7 Å². The van der Waals surface area contributed by atoms with Crippen molar-refractivity contribution in [3.63, 3.8) is 0 Å².